The van der Waals surface area contributed by atoms with E-state index in [0.29, 0.717) is 10.9 Å². The Labute approximate surface area is 84.8 Å². The first-order valence-electron chi connectivity index (χ1n) is 3.86. The Kier molecular flexibility index (Phi) is 3.71. The number of alkyl halides is 1. The van der Waals surface area contributed by atoms with Crippen molar-refractivity contribution in [2.24, 2.45) is 0 Å². The van der Waals surface area contributed by atoms with Gasteiger partial charge in [0.15, 0.2) is 0 Å². The van der Waals surface area contributed by atoms with Crippen LogP contribution in [0.4, 0.5) is 0 Å². The molecule has 0 spiro atoms. The second-order valence-electron chi connectivity index (χ2n) is 2.76. The first-order valence-corrected chi connectivity index (χ1v) is 4.98. The summed E-state index contributed by atoms with van der Waals surface area (Å²) in [6.07, 6.45) is -1.75. The van der Waals surface area contributed by atoms with Crippen LogP contribution in [0, 0.1) is 0 Å². The molecular formula is C9H11BrO3. The summed E-state index contributed by atoms with van der Waals surface area (Å²) in [6.45, 7) is 0. The predicted molar refractivity (Wildman–Crippen MR) is 52.9 cm³/mol. The van der Waals surface area contributed by atoms with Crippen molar-refractivity contribution in [1.82, 2.24) is 0 Å². The van der Waals surface area contributed by atoms with E-state index in [0.717, 1.165) is 0 Å². The molecule has 0 aliphatic rings. The van der Waals surface area contributed by atoms with Gasteiger partial charge in [-0.25, -0.2) is 0 Å². The van der Waals surface area contributed by atoms with Gasteiger partial charge in [-0.2, -0.15) is 0 Å². The van der Waals surface area contributed by atoms with Crippen molar-refractivity contribution in [2.75, 3.05) is 5.33 Å². The van der Waals surface area contributed by atoms with Gasteiger partial charge in [-0.3, -0.25) is 0 Å². The van der Waals surface area contributed by atoms with Gasteiger partial charge in [-0.1, -0.05) is 28.1 Å². The number of aliphatic hydroxyl groups is 2. The summed E-state index contributed by atoms with van der Waals surface area (Å²) in [4.78, 5) is 0. The van der Waals surface area contributed by atoms with Gasteiger partial charge in [-0.05, 0) is 17.7 Å². The number of phenolic OH excluding ortho intramolecular Hbond substituents is 1. The van der Waals surface area contributed by atoms with Crippen LogP contribution in [0.3, 0.4) is 0 Å². The third-order valence-electron chi connectivity index (χ3n) is 1.76. The normalized spacial score (nSPS) is 15.3. The monoisotopic (exact) mass is 246 g/mol. The molecule has 0 fully saturated rings. The van der Waals surface area contributed by atoms with Crippen molar-refractivity contribution in [3.63, 3.8) is 0 Å². The molecule has 0 aliphatic heterocycles. The quantitative estimate of drug-likeness (QED) is 0.703. The van der Waals surface area contributed by atoms with E-state index in [4.69, 9.17) is 5.11 Å². The molecule has 0 amide bonds. The van der Waals surface area contributed by atoms with E-state index in [-0.39, 0.29) is 5.75 Å². The molecule has 4 heteroatoms. The van der Waals surface area contributed by atoms with Crippen LogP contribution in [0.2, 0.25) is 0 Å². The Bertz CT molecular complexity index is 260. The van der Waals surface area contributed by atoms with Crippen LogP contribution >= 0.6 is 15.9 Å². The molecule has 13 heavy (non-hydrogen) atoms. The van der Waals surface area contributed by atoms with E-state index in [1.165, 1.54) is 12.1 Å². The third kappa shape index (κ3) is 2.69. The van der Waals surface area contributed by atoms with Gasteiger partial charge in [0.25, 0.3) is 0 Å². The second-order valence-corrected chi connectivity index (χ2v) is 3.41. The smallest absolute Gasteiger partial charge is 0.115 e. The van der Waals surface area contributed by atoms with Crippen molar-refractivity contribution in [3.8, 4) is 5.75 Å². The highest BCUT2D eigenvalue weighted by atomic mass is 79.9. The number of rotatable bonds is 3. The highest BCUT2D eigenvalue weighted by Gasteiger charge is 2.16. The second kappa shape index (κ2) is 4.60. The minimum atomic E-state index is -0.917. The number of phenols is 1. The van der Waals surface area contributed by atoms with E-state index in [1.54, 1.807) is 12.1 Å². The molecule has 72 valence electrons. The molecule has 3 nitrogen and oxygen atoms in total. The Morgan fingerprint density at radius 2 is 1.69 bits per heavy atom. The lowest BCUT2D eigenvalue weighted by Crippen LogP contribution is -2.19. The van der Waals surface area contributed by atoms with Gasteiger partial charge >= 0.3 is 0 Å². The SMILES string of the molecule is Oc1ccc(C(O)C(O)CBr)cc1. The summed E-state index contributed by atoms with van der Waals surface area (Å²) in [5.74, 6) is 0.143. The Morgan fingerprint density at radius 3 is 2.15 bits per heavy atom. The van der Waals surface area contributed by atoms with Crippen molar-refractivity contribution in [1.29, 1.82) is 0 Å². The molecular weight excluding hydrogens is 236 g/mol. The van der Waals surface area contributed by atoms with E-state index in [9.17, 15) is 10.2 Å². The van der Waals surface area contributed by atoms with Gasteiger partial charge in [0.2, 0.25) is 0 Å². The zero-order valence-corrected chi connectivity index (χ0v) is 8.48. The summed E-state index contributed by atoms with van der Waals surface area (Å²) in [5, 5.41) is 28.1. The highest BCUT2D eigenvalue weighted by Crippen LogP contribution is 2.20. The predicted octanol–water partition coefficient (Wildman–Crippen LogP) is 1.18. The highest BCUT2D eigenvalue weighted by molar-refractivity contribution is 9.09. The summed E-state index contributed by atoms with van der Waals surface area (Å²) >= 11 is 3.07. The Morgan fingerprint density at radius 1 is 1.15 bits per heavy atom. The lowest BCUT2D eigenvalue weighted by atomic mass is 10.1. The zero-order chi connectivity index (χ0) is 9.84. The first-order chi connectivity index (χ1) is 6.15. The number of aliphatic hydroxyl groups excluding tert-OH is 2. The summed E-state index contributed by atoms with van der Waals surface area (Å²) < 4.78 is 0. The van der Waals surface area contributed by atoms with Crippen LogP contribution in [0.5, 0.6) is 5.75 Å². The number of aromatic hydroxyl groups is 1. The number of halogens is 1. The molecule has 0 aliphatic carbocycles. The average Bonchev–Trinajstić information content (AvgIpc) is 2.17. The van der Waals surface area contributed by atoms with Crippen molar-refractivity contribution >= 4 is 15.9 Å². The van der Waals surface area contributed by atoms with E-state index >= 15 is 0 Å². The van der Waals surface area contributed by atoms with Crippen LogP contribution in [0.15, 0.2) is 24.3 Å². The van der Waals surface area contributed by atoms with Crippen LogP contribution in [0.1, 0.15) is 11.7 Å². The van der Waals surface area contributed by atoms with Crippen molar-refractivity contribution in [2.45, 2.75) is 12.2 Å². The fraction of sp³-hybridized carbons (Fsp3) is 0.333. The molecule has 0 saturated heterocycles. The van der Waals surface area contributed by atoms with E-state index in [1.807, 2.05) is 0 Å². The van der Waals surface area contributed by atoms with Gasteiger partial charge < -0.3 is 15.3 Å². The van der Waals surface area contributed by atoms with E-state index in [2.05, 4.69) is 15.9 Å². The lowest BCUT2D eigenvalue weighted by Gasteiger charge is -2.15. The number of benzene rings is 1. The fourth-order valence-electron chi connectivity index (χ4n) is 0.978. The maximum absolute atomic E-state index is 9.52. The zero-order valence-electron chi connectivity index (χ0n) is 6.89. The summed E-state index contributed by atoms with van der Waals surface area (Å²) in [6, 6.07) is 6.09. The lowest BCUT2D eigenvalue weighted by molar-refractivity contribution is 0.0342. The molecule has 0 saturated carbocycles. The molecule has 0 bridgehead atoms. The minimum Gasteiger partial charge on any atom is -0.508 e. The van der Waals surface area contributed by atoms with Crippen LogP contribution in [-0.2, 0) is 0 Å². The fourth-order valence-corrected chi connectivity index (χ4v) is 1.33. The standard InChI is InChI=1S/C9H11BrO3/c10-5-8(12)9(13)6-1-3-7(11)4-2-6/h1-4,8-9,11-13H,5H2. The van der Waals surface area contributed by atoms with Gasteiger partial charge in [0.1, 0.15) is 11.9 Å². The summed E-state index contributed by atoms with van der Waals surface area (Å²) in [5.41, 5.74) is 0.588. The van der Waals surface area contributed by atoms with Crippen LogP contribution < -0.4 is 0 Å². The van der Waals surface area contributed by atoms with Gasteiger partial charge in [-0.15, -0.1) is 0 Å². The molecule has 1 aromatic carbocycles. The number of hydrogen-bond acceptors (Lipinski definition) is 3. The first kappa shape index (κ1) is 10.5. The molecule has 0 radical (unpaired) electrons. The van der Waals surface area contributed by atoms with Crippen LogP contribution in [0.25, 0.3) is 0 Å². The maximum atomic E-state index is 9.52. The van der Waals surface area contributed by atoms with Crippen molar-refractivity contribution < 1.29 is 15.3 Å². The number of hydrogen-bond donors (Lipinski definition) is 3. The molecule has 1 aromatic rings. The molecule has 0 aromatic heterocycles. The molecule has 0 heterocycles. The Hall–Kier alpha value is -0.580. The molecule has 2 unspecified atom stereocenters. The maximum Gasteiger partial charge on any atom is 0.115 e. The van der Waals surface area contributed by atoms with Gasteiger partial charge in [0.05, 0.1) is 6.10 Å². The van der Waals surface area contributed by atoms with E-state index < -0.39 is 12.2 Å². The summed E-state index contributed by atoms with van der Waals surface area (Å²) in [7, 11) is 0. The Balaban J connectivity index is 2.77. The third-order valence-corrected chi connectivity index (χ3v) is 2.42. The molecule has 2 atom stereocenters. The van der Waals surface area contributed by atoms with Gasteiger partial charge in [0, 0.05) is 5.33 Å². The molecule has 1 rings (SSSR count). The van der Waals surface area contributed by atoms with Crippen LogP contribution in [-0.4, -0.2) is 26.8 Å². The molecule has 3 N–H and O–H groups in total. The topological polar surface area (TPSA) is 60.7 Å². The van der Waals surface area contributed by atoms with Crippen molar-refractivity contribution in [3.05, 3.63) is 29.8 Å². The minimum absolute atomic E-state index is 0.143. The average molecular weight is 247 g/mol. The largest absolute Gasteiger partial charge is 0.508 e.